The van der Waals surface area contributed by atoms with Crippen LogP contribution in [-0.4, -0.2) is 36.7 Å². The Morgan fingerprint density at radius 3 is 2.22 bits per heavy atom. The molecule has 0 amide bonds. The van der Waals surface area contributed by atoms with Crippen LogP contribution in [0.2, 0.25) is 0 Å². The van der Waals surface area contributed by atoms with Crippen LogP contribution in [0, 0.1) is 5.41 Å². The molecule has 0 aliphatic heterocycles. The monoisotopic (exact) mass is 261 g/mol. The first-order chi connectivity index (χ1) is 8.63. The van der Waals surface area contributed by atoms with Crippen molar-refractivity contribution in [2.24, 2.45) is 5.73 Å². The number of carbonyl (C=O) groups excluding carboxylic acids is 1. The van der Waals surface area contributed by atoms with E-state index in [2.05, 4.69) is 10.1 Å². The molecule has 0 aromatic rings. The molecule has 108 valence electrons. The summed E-state index contributed by atoms with van der Waals surface area (Å²) in [6.07, 6.45) is 1.26. The van der Waals surface area contributed by atoms with Crippen molar-refractivity contribution in [3.63, 3.8) is 0 Å². The zero-order valence-corrected chi connectivity index (χ0v) is 12.0. The minimum Gasteiger partial charge on any atom is -0.462 e. The van der Waals surface area contributed by atoms with Crippen molar-refractivity contribution >= 4 is 11.8 Å². The first-order valence-electron chi connectivity index (χ1n) is 6.19. The van der Waals surface area contributed by atoms with E-state index in [9.17, 15) is 4.79 Å². The van der Waals surface area contributed by atoms with Gasteiger partial charge < -0.3 is 20.9 Å². The Kier molecular flexibility index (Phi) is 21.5. The van der Waals surface area contributed by atoms with Crippen LogP contribution in [0.4, 0.5) is 0 Å². The molecule has 0 saturated heterocycles. The normalized spacial score (nSPS) is 9.11. The second kappa shape index (κ2) is 17.8. The highest BCUT2D eigenvalue weighted by atomic mass is 16.5. The number of aliphatic hydroxyl groups is 1. The molecule has 0 rings (SSSR count). The zero-order chi connectivity index (χ0) is 15.0. The van der Waals surface area contributed by atoms with E-state index in [-0.39, 0.29) is 31.2 Å². The van der Waals surface area contributed by atoms with Crippen molar-refractivity contribution in [3.05, 3.63) is 11.8 Å². The molecule has 0 aliphatic carbocycles. The van der Waals surface area contributed by atoms with E-state index in [1.807, 2.05) is 27.7 Å². The van der Waals surface area contributed by atoms with Gasteiger partial charge in [-0.25, -0.2) is 4.79 Å². The van der Waals surface area contributed by atoms with E-state index in [0.29, 0.717) is 0 Å². The summed E-state index contributed by atoms with van der Waals surface area (Å²) in [5.41, 5.74) is 5.12. The van der Waals surface area contributed by atoms with E-state index in [1.165, 1.54) is 6.20 Å². The van der Waals surface area contributed by atoms with Gasteiger partial charge >= 0.3 is 5.97 Å². The smallest absolute Gasteiger partial charge is 0.343 e. The molecule has 6 nitrogen and oxygen atoms in total. The van der Waals surface area contributed by atoms with Crippen molar-refractivity contribution in [1.29, 1.82) is 5.41 Å². The maximum absolute atomic E-state index is 11.2. The average Bonchev–Trinajstić information content (AvgIpc) is 2.39. The number of hydrogen-bond donors (Lipinski definition) is 4. The lowest BCUT2D eigenvalue weighted by Crippen LogP contribution is -2.25. The van der Waals surface area contributed by atoms with E-state index in [4.69, 9.17) is 16.2 Å². The predicted octanol–water partition coefficient (Wildman–Crippen LogP) is 1.00. The van der Waals surface area contributed by atoms with Crippen LogP contribution in [0.1, 0.15) is 34.6 Å². The third kappa shape index (κ3) is 12.5. The van der Waals surface area contributed by atoms with Gasteiger partial charge in [0.05, 0.1) is 13.2 Å². The van der Waals surface area contributed by atoms with Crippen LogP contribution in [0.15, 0.2) is 11.8 Å². The molecule has 0 bridgehead atoms. The van der Waals surface area contributed by atoms with Gasteiger partial charge in [0.1, 0.15) is 11.4 Å². The Morgan fingerprint density at radius 1 is 1.39 bits per heavy atom. The number of aliphatic hydroxyl groups excluding tert-OH is 1. The van der Waals surface area contributed by atoms with Crippen LogP contribution in [0.5, 0.6) is 0 Å². The van der Waals surface area contributed by atoms with Gasteiger partial charge in [0.15, 0.2) is 0 Å². The molecule has 0 radical (unpaired) electrons. The molecule has 5 N–H and O–H groups in total. The van der Waals surface area contributed by atoms with Gasteiger partial charge in [0.25, 0.3) is 0 Å². The van der Waals surface area contributed by atoms with Crippen LogP contribution in [0.25, 0.3) is 0 Å². The number of rotatable bonds is 6. The van der Waals surface area contributed by atoms with Crippen LogP contribution < -0.4 is 11.1 Å². The number of nitrogens with two attached hydrogens (primary N) is 1. The summed E-state index contributed by atoms with van der Waals surface area (Å²) in [5.74, 6) is -1.01. The lowest BCUT2D eigenvalue weighted by Gasteiger charge is -2.05. The minimum absolute atomic E-state index is 0.0414. The van der Waals surface area contributed by atoms with Crippen molar-refractivity contribution < 1.29 is 14.6 Å². The molecule has 0 aromatic carbocycles. The summed E-state index contributed by atoms with van der Waals surface area (Å²) in [6, 6.07) is 0. The van der Waals surface area contributed by atoms with E-state index in [0.717, 1.165) is 0 Å². The number of carbonyl (C=O) groups is 1. The Balaban J connectivity index is -0.000000506. The SMILES string of the molecule is CC.CC.CCOC(=O)/C(=C/NCCO)C(=N)N. The molecule has 0 saturated carbocycles. The lowest BCUT2D eigenvalue weighted by atomic mass is 10.2. The van der Waals surface area contributed by atoms with Crippen LogP contribution in [-0.2, 0) is 9.53 Å². The fourth-order valence-corrected chi connectivity index (χ4v) is 0.694. The fraction of sp³-hybridized carbons (Fsp3) is 0.667. The minimum atomic E-state index is -0.648. The highest BCUT2D eigenvalue weighted by Crippen LogP contribution is 1.95. The van der Waals surface area contributed by atoms with Gasteiger partial charge in [-0.2, -0.15) is 0 Å². The summed E-state index contributed by atoms with van der Waals surface area (Å²) in [4.78, 5) is 11.2. The second-order valence-electron chi connectivity index (χ2n) is 2.37. The van der Waals surface area contributed by atoms with Crippen molar-refractivity contribution in [1.82, 2.24) is 5.32 Å². The molecule has 0 atom stereocenters. The van der Waals surface area contributed by atoms with Crippen molar-refractivity contribution in [2.45, 2.75) is 34.6 Å². The number of ether oxygens (including phenoxy) is 1. The van der Waals surface area contributed by atoms with Gasteiger partial charge in [-0.05, 0) is 6.92 Å². The van der Waals surface area contributed by atoms with Crippen molar-refractivity contribution in [3.8, 4) is 0 Å². The summed E-state index contributed by atoms with van der Waals surface area (Å²) in [6.45, 7) is 10.1. The van der Waals surface area contributed by atoms with E-state index < -0.39 is 5.97 Å². The quantitative estimate of drug-likeness (QED) is 0.187. The Labute approximate surface area is 110 Å². The number of hydrogen-bond acceptors (Lipinski definition) is 5. The van der Waals surface area contributed by atoms with Gasteiger partial charge in [0, 0.05) is 12.7 Å². The topological polar surface area (TPSA) is 108 Å². The highest BCUT2D eigenvalue weighted by molar-refractivity contribution is 6.16. The molecule has 0 aliphatic rings. The molecule has 0 heterocycles. The third-order valence-electron chi connectivity index (χ3n) is 1.29. The van der Waals surface area contributed by atoms with Crippen LogP contribution >= 0.6 is 0 Å². The molecule has 0 fully saturated rings. The maximum atomic E-state index is 11.2. The first-order valence-corrected chi connectivity index (χ1v) is 6.19. The molecule has 6 heteroatoms. The summed E-state index contributed by atoms with van der Waals surface area (Å²) < 4.78 is 4.67. The van der Waals surface area contributed by atoms with Gasteiger partial charge in [-0.15, -0.1) is 0 Å². The largest absolute Gasteiger partial charge is 0.462 e. The van der Waals surface area contributed by atoms with Gasteiger partial charge in [-0.1, -0.05) is 27.7 Å². The Morgan fingerprint density at radius 2 is 1.89 bits per heavy atom. The molecule has 0 unspecified atom stereocenters. The molecule has 0 spiro atoms. The Hall–Kier alpha value is -1.56. The standard InChI is InChI=1S/C8H15N3O3.2C2H6/c1-2-14-8(13)6(7(9)10)5-11-3-4-12;2*1-2/h5,11-12H,2-4H2,1H3,(H3,9,10);2*1-2H3/b6-5+;;. The fourth-order valence-electron chi connectivity index (χ4n) is 0.694. The summed E-state index contributed by atoms with van der Waals surface area (Å²) in [5, 5.41) is 18.2. The first kappa shape index (κ1) is 21.7. The average molecular weight is 261 g/mol. The van der Waals surface area contributed by atoms with Crippen molar-refractivity contribution in [2.75, 3.05) is 19.8 Å². The second-order valence-corrected chi connectivity index (χ2v) is 2.37. The predicted molar refractivity (Wildman–Crippen MR) is 74.4 cm³/mol. The number of esters is 1. The number of amidine groups is 1. The van der Waals surface area contributed by atoms with E-state index >= 15 is 0 Å². The van der Waals surface area contributed by atoms with Crippen LogP contribution in [0.3, 0.4) is 0 Å². The zero-order valence-electron chi connectivity index (χ0n) is 12.0. The Bertz CT molecular complexity index is 241. The third-order valence-corrected chi connectivity index (χ3v) is 1.29. The molecule has 18 heavy (non-hydrogen) atoms. The van der Waals surface area contributed by atoms with Gasteiger partial charge in [-0.3, -0.25) is 5.41 Å². The summed E-state index contributed by atoms with van der Waals surface area (Å²) >= 11 is 0. The summed E-state index contributed by atoms with van der Waals surface area (Å²) in [7, 11) is 0. The molecular formula is C12H27N3O3. The maximum Gasteiger partial charge on any atom is 0.343 e. The number of nitrogens with one attached hydrogen (secondary N) is 2. The molecule has 0 aromatic heterocycles. The highest BCUT2D eigenvalue weighted by Gasteiger charge is 2.12. The van der Waals surface area contributed by atoms with E-state index in [1.54, 1.807) is 6.92 Å². The van der Waals surface area contributed by atoms with Gasteiger partial charge in [0.2, 0.25) is 0 Å². The lowest BCUT2D eigenvalue weighted by molar-refractivity contribution is -0.137. The molecular weight excluding hydrogens is 234 g/mol.